The fourth-order valence-electron chi connectivity index (χ4n) is 2.88. The topological polar surface area (TPSA) is 151 Å². The summed E-state index contributed by atoms with van der Waals surface area (Å²) in [6.45, 7) is -0.297. The molecule has 0 aliphatic rings. The number of carbonyl (C=O) groups excluding carboxylic acids is 4. The monoisotopic (exact) mass is 527 g/mol. The molecule has 0 spiro atoms. The molecule has 0 radical (unpaired) electrons. The molecule has 3 amide bonds. The Morgan fingerprint density at radius 2 is 1.59 bits per heavy atom. The van der Waals surface area contributed by atoms with Crippen LogP contribution in [0, 0.1) is 30.2 Å². The number of aliphatic carboxylic acids is 1. The van der Waals surface area contributed by atoms with Crippen LogP contribution in [-0.4, -0.2) is 53.8 Å². The number of anilines is 1. The van der Waals surface area contributed by atoms with E-state index in [9.17, 15) is 41.5 Å². The number of rotatable bonds is 11. The molecule has 37 heavy (non-hydrogen) atoms. The highest BCUT2D eigenvalue weighted by Crippen LogP contribution is 2.26. The van der Waals surface area contributed by atoms with Gasteiger partial charge in [-0.2, -0.15) is 8.78 Å². The Bertz CT molecular complexity index is 1200. The first-order valence-corrected chi connectivity index (χ1v) is 10.5. The first-order valence-electron chi connectivity index (χ1n) is 10.5. The fourth-order valence-corrected chi connectivity index (χ4v) is 2.88. The number of aryl methyl sites for hydroxylation is 1. The van der Waals surface area contributed by atoms with Gasteiger partial charge in [0.1, 0.15) is 6.61 Å². The number of para-hydroxylation sites is 1. The number of Topliss-reactive ketones (excluding diaryl/α,β-unsaturated/α-hetero) is 1. The largest absolute Gasteiger partial charge is 0.481 e. The lowest BCUT2D eigenvalue weighted by Crippen LogP contribution is -2.48. The molecular formula is C23H21F4N3O7. The number of nitrogens with one attached hydrogen (secondary N) is 3. The lowest BCUT2D eigenvalue weighted by Gasteiger charge is -2.18. The second-order valence-corrected chi connectivity index (χ2v) is 7.56. The number of halogens is 4. The van der Waals surface area contributed by atoms with Crippen molar-refractivity contribution in [1.82, 2.24) is 10.6 Å². The highest BCUT2D eigenvalue weighted by atomic mass is 19.2. The van der Waals surface area contributed by atoms with Gasteiger partial charge in [0.2, 0.25) is 17.5 Å². The SMILES string of the molecule is Cc1ccccc1NC(=O)C(=O)NCC(=O)NC(CCC(=O)O)C(=O)COc1c(F)c(F)cc(F)c1F. The van der Waals surface area contributed by atoms with Crippen LogP contribution in [0.2, 0.25) is 0 Å². The van der Waals surface area contributed by atoms with E-state index in [1.165, 1.54) is 0 Å². The maximum Gasteiger partial charge on any atom is 0.313 e. The Hall–Kier alpha value is -4.49. The van der Waals surface area contributed by atoms with E-state index in [1.807, 2.05) is 5.32 Å². The van der Waals surface area contributed by atoms with Crippen molar-refractivity contribution in [2.45, 2.75) is 25.8 Å². The number of ether oxygens (including phenoxy) is 1. The minimum absolute atomic E-state index is 0.0647. The Morgan fingerprint density at radius 1 is 0.973 bits per heavy atom. The fraction of sp³-hybridized carbons (Fsp3) is 0.261. The maximum atomic E-state index is 13.7. The van der Waals surface area contributed by atoms with Crippen LogP contribution in [0.1, 0.15) is 18.4 Å². The number of carboxylic acid groups (broad SMARTS) is 1. The second kappa shape index (κ2) is 13.0. The zero-order chi connectivity index (χ0) is 27.7. The quantitative estimate of drug-likeness (QED) is 0.197. The van der Waals surface area contributed by atoms with Crippen molar-refractivity contribution in [1.29, 1.82) is 0 Å². The van der Waals surface area contributed by atoms with Gasteiger partial charge in [-0.25, -0.2) is 8.78 Å². The van der Waals surface area contributed by atoms with E-state index in [4.69, 9.17) is 5.11 Å². The summed E-state index contributed by atoms with van der Waals surface area (Å²) in [6, 6.07) is 4.93. The number of hydrogen-bond donors (Lipinski definition) is 4. The van der Waals surface area contributed by atoms with Crippen LogP contribution in [0.3, 0.4) is 0 Å². The van der Waals surface area contributed by atoms with Crippen LogP contribution in [-0.2, 0) is 24.0 Å². The van der Waals surface area contributed by atoms with Crippen LogP contribution in [0.15, 0.2) is 30.3 Å². The molecule has 1 unspecified atom stereocenters. The minimum Gasteiger partial charge on any atom is -0.481 e. The van der Waals surface area contributed by atoms with Crippen molar-refractivity contribution >= 4 is 35.2 Å². The molecule has 2 rings (SSSR count). The van der Waals surface area contributed by atoms with E-state index in [0.29, 0.717) is 11.3 Å². The highest BCUT2D eigenvalue weighted by molar-refractivity contribution is 6.40. The third kappa shape index (κ3) is 8.30. The predicted molar refractivity (Wildman–Crippen MR) is 118 cm³/mol. The molecule has 0 saturated carbocycles. The highest BCUT2D eigenvalue weighted by Gasteiger charge is 2.26. The summed E-state index contributed by atoms with van der Waals surface area (Å²) in [5.41, 5.74) is 1.03. The normalized spacial score (nSPS) is 11.3. The average molecular weight is 527 g/mol. The van der Waals surface area contributed by atoms with Gasteiger partial charge >= 0.3 is 17.8 Å². The maximum absolute atomic E-state index is 13.7. The van der Waals surface area contributed by atoms with E-state index in [0.717, 1.165) is 0 Å². The second-order valence-electron chi connectivity index (χ2n) is 7.56. The van der Waals surface area contributed by atoms with Gasteiger partial charge in [0.25, 0.3) is 0 Å². The van der Waals surface area contributed by atoms with E-state index in [-0.39, 0.29) is 6.07 Å². The number of ketones is 1. The van der Waals surface area contributed by atoms with E-state index < -0.39 is 90.5 Å². The van der Waals surface area contributed by atoms with Gasteiger partial charge in [-0.05, 0) is 25.0 Å². The molecule has 0 aromatic heterocycles. The Balaban J connectivity index is 1.98. The summed E-state index contributed by atoms with van der Waals surface area (Å²) < 4.78 is 58.6. The standard InChI is InChI=1S/C23H21F4N3O7/c1-11-4-2-3-5-14(11)30-23(36)22(35)28-9-17(32)29-15(6-7-18(33)34)16(31)10-37-21-19(26)12(24)8-13(25)20(21)27/h2-5,8,15H,6-7,9-10H2,1H3,(H,28,35)(H,29,32)(H,30,36)(H,33,34). The first-order chi connectivity index (χ1) is 17.4. The zero-order valence-electron chi connectivity index (χ0n) is 19.2. The Kier molecular flexibility index (Phi) is 10.1. The molecule has 0 aliphatic heterocycles. The van der Waals surface area contributed by atoms with Crippen LogP contribution in [0.4, 0.5) is 23.2 Å². The molecule has 0 saturated heterocycles. The molecule has 2 aromatic carbocycles. The van der Waals surface area contributed by atoms with Gasteiger partial charge < -0.3 is 25.8 Å². The van der Waals surface area contributed by atoms with Crippen LogP contribution in [0.25, 0.3) is 0 Å². The first kappa shape index (κ1) is 28.7. The van der Waals surface area contributed by atoms with E-state index >= 15 is 0 Å². The summed E-state index contributed by atoms with van der Waals surface area (Å²) in [5.74, 6) is -14.6. The number of carbonyl (C=O) groups is 5. The third-order valence-electron chi connectivity index (χ3n) is 4.81. The summed E-state index contributed by atoms with van der Waals surface area (Å²) in [6.07, 6.45) is -1.12. The van der Waals surface area contributed by atoms with E-state index in [2.05, 4.69) is 15.4 Å². The number of carboxylic acids is 1. The number of amides is 3. The zero-order valence-corrected chi connectivity index (χ0v) is 19.2. The van der Waals surface area contributed by atoms with Crippen molar-refractivity contribution in [3.63, 3.8) is 0 Å². The van der Waals surface area contributed by atoms with E-state index in [1.54, 1.807) is 31.2 Å². The molecular weight excluding hydrogens is 506 g/mol. The smallest absolute Gasteiger partial charge is 0.313 e. The summed E-state index contributed by atoms with van der Waals surface area (Å²) >= 11 is 0. The molecule has 10 nitrogen and oxygen atoms in total. The van der Waals surface area contributed by atoms with Crippen LogP contribution >= 0.6 is 0 Å². The summed E-state index contributed by atoms with van der Waals surface area (Å²) in [7, 11) is 0. The molecule has 0 fully saturated rings. The number of hydrogen-bond acceptors (Lipinski definition) is 6. The molecule has 0 aliphatic carbocycles. The molecule has 0 heterocycles. The molecule has 0 bridgehead atoms. The lowest BCUT2D eigenvalue weighted by molar-refractivity contribution is -0.138. The predicted octanol–water partition coefficient (Wildman–Crippen LogP) is 1.60. The minimum atomic E-state index is -1.90. The molecule has 14 heteroatoms. The average Bonchev–Trinajstić information content (AvgIpc) is 2.84. The van der Waals surface area contributed by atoms with Crippen molar-refractivity contribution in [3.8, 4) is 5.75 Å². The van der Waals surface area contributed by atoms with Crippen LogP contribution in [0.5, 0.6) is 5.75 Å². The molecule has 198 valence electrons. The van der Waals surface area contributed by atoms with Gasteiger partial charge in [-0.3, -0.25) is 24.0 Å². The summed E-state index contributed by atoms with van der Waals surface area (Å²) in [4.78, 5) is 59.5. The van der Waals surface area contributed by atoms with Crippen molar-refractivity contribution < 1.29 is 51.4 Å². The van der Waals surface area contributed by atoms with Crippen molar-refractivity contribution in [2.24, 2.45) is 0 Å². The van der Waals surface area contributed by atoms with Crippen molar-refractivity contribution in [3.05, 3.63) is 59.2 Å². The molecule has 2 aromatic rings. The van der Waals surface area contributed by atoms with Gasteiger partial charge in [0, 0.05) is 18.2 Å². The molecule has 1 atom stereocenters. The molecule has 4 N–H and O–H groups in total. The van der Waals surface area contributed by atoms with Gasteiger partial charge in [0.05, 0.1) is 12.6 Å². The Morgan fingerprint density at radius 3 is 2.19 bits per heavy atom. The lowest BCUT2D eigenvalue weighted by atomic mass is 10.1. The van der Waals surface area contributed by atoms with Crippen LogP contribution < -0.4 is 20.7 Å². The van der Waals surface area contributed by atoms with Gasteiger partial charge in [-0.1, -0.05) is 18.2 Å². The Labute approximate surface area is 207 Å². The van der Waals surface area contributed by atoms with Gasteiger partial charge in [-0.15, -0.1) is 0 Å². The third-order valence-corrected chi connectivity index (χ3v) is 4.81. The number of benzene rings is 2. The van der Waals surface area contributed by atoms with Gasteiger partial charge in [0.15, 0.2) is 23.2 Å². The summed E-state index contributed by atoms with van der Waals surface area (Å²) in [5, 5.41) is 15.3. The van der Waals surface area contributed by atoms with Crippen molar-refractivity contribution in [2.75, 3.05) is 18.5 Å².